The predicted molar refractivity (Wildman–Crippen MR) is 98.4 cm³/mol. The molecule has 0 N–H and O–H groups in total. The highest BCUT2D eigenvalue weighted by Gasteiger charge is 2.10. The van der Waals surface area contributed by atoms with E-state index in [0.717, 1.165) is 33.2 Å². The van der Waals surface area contributed by atoms with Crippen molar-refractivity contribution in [2.24, 2.45) is 0 Å². The Balaban J connectivity index is 1.85. The molecule has 6 heteroatoms. The highest BCUT2D eigenvalue weighted by atomic mass is 35.5. The van der Waals surface area contributed by atoms with E-state index in [1.165, 1.54) is 6.20 Å². The predicted octanol–water partition coefficient (Wildman–Crippen LogP) is 3.66. The number of methoxy groups -OCH3 is 1. The van der Waals surface area contributed by atoms with E-state index in [9.17, 15) is 4.79 Å². The van der Waals surface area contributed by atoms with E-state index in [1.807, 2.05) is 48.5 Å². The number of hydrogen-bond acceptors (Lipinski definition) is 4. The molecule has 124 valence electrons. The van der Waals surface area contributed by atoms with Gasteiger partial charge in [-0.3, -0.25) is 4.79 Å². The Bertz CT molecular complexity index is 1150. The molecule has 0 radical (unpaired) electrons. The number of pyridine rings is 1. The zero-order valence-corrected chi connectivity index (χ0v) is 14.2. The van der Waals surface area contributed by atoms with Crippen LogP contribution in [-0.4, -0.2) is 21.6 Å². The number of para-hydroxylation sites is 2. The summed E-state index contributed by atoms with van der Waals surface area (Å²) in [6.45, 7) is 0.329. The van der Waals surface area contributed by atoms with Gasteiger partial charge in [-0.1, -0.05) is 23.7 Å². The maximum atomic E-state index is 12.3. The minimum absolute atomic E-state index is 0.176. The first kappa shape index (κ1) is 15.6. The number of hydrogen-bond donors (Lipinski definition) is 0. The Morgan fingerprint density at radius 1 is 1.12 bits per heavy atom. The normalized spacial score (nSPS) is 11.1. The lowest BCUT2D eigenvalue weighted by molar-refractivity contribution is 0.415. The van der Waals surface area contributed by atoms with Gasteiger partial charge in [0.15, 0.2) is 0 Å². The molecule has 0 saturated carbocycles. The van der Waals surface area contributed by atoms with Gasteiger partial charge in [0.05, 0.1) is 36.4 Å². The molecule has 0 fully saturated rings. The molecule has 4 aromatic rings. The molecule has 0 aliphatic carbocycles. The molecule has 0 saturated heterocycles. The highest BCUT2D eigenvalue weighted by Crippen LogP contribution is 2.25. The molecule has 25 heavy (non-hydrogen) atoms. The van der Waals surface area contributed by atoms with Gasteiger partial charge in [-0.2, -0.15) is 0 Å². The summed E-state index contributed by atoms with van der Waals surface area (Å²) in [7, 11) is 1.61. The summed E-state index contributed by atoms with van der Waals surface area (Å²) in [4.78, 5) is 20.9. The van der Waals surface area contributed by atoms with Crippen LogP contribution < -0.4 is 10.3 Å². The van der Waals surface area contributed by atoms with Crippen LogP contribution in [0.3, 0.4) is 0 Å². The van der Waals surface area contributed by atoms with Gasteiger partial charge in [0.1, 0.15) is 10.9 Å². The number of benzene rings is 2. The molecule has 0 unspecified atom stereocenters. The second kappa shape index (κ2) is 6.18. The van der Waals surface area contributed by atoms with Crippen LogP contribution in [0.4, 0.5) is 0 Å². The van der Waals surface area contributed by atoms with E-state index in [1.54, 1.807) is 11.7 Å². The van der Waals surface area contributed by atoms with E-state index < -0.39 is 0 Å². The summed E-state index contributed by atoms with van der Waals surface area (Å²) in [6, 6.07) is 15.1. The molecule has 0 aliphatic heterocycles. The fourth-order valence-corrected chi connectivity index (χ4v) is 3.06. The average Bonchev–Trinajstić information content (AvgIpc) is 2.64. The maximum absolute atomic E-state index is 12.3. The van der Waals surface area contributed by atoms with E-state index in [0.29, 0.717) is 11.7 Å². The van der Waals surface area contributed by atoms with Crippen molar-refractivity contribution in [2.45, 2.75) is 6.54 Å². The van der Waals surface area contributed by atoms with Crippen molar-refractivity contribution < 1.29 is 4.74 Å². The monoisotopic (exact) mass is 351 g/mol. The van der Waals surface area contributed by atoms with E-state index in [-0.39, 0.29) is 5.56 Å². The van der Waals surface area contributed by atoms with Crippen molar-refractivity contribution >= 4 is 33.5 Å². The third-order valence-corrected chi connectivity index (χ3v) is 4.46. The number of rotatable bonds is 3. The highest BCUT2D eigenvalue weighted by molar-refractivity contribution is 6.30. The minimum Gasteiger partial charge on any atom is -0.497 e. The third kappa shape index (κ3) is 2.83. The molecule has 0 aliphatic rings. The first-order chi connectivity index (χ1) is 12.2. The number of aromatic nitrogens is 3. The second-order valence-electron chi connectivity index (χ2n) is 5.67. The van der Waals surface area contributed by atoms with Crippen LogP contribution in [0.15, 0.2) is 59.5 Å². The zero-order chi connectivity index (χ0) is 17.4. The van der Waals surface area contributed by atoms with Gasteiger partial charge in [-0.05, 0) is 30.3 Å². The lowest BCUT2D eigenvalue weighted by Gasteiger charge is -2.11. The smallest absolute Gasteiger partial charge is 0.269 e. The first-order valence-electron chi connectivity index (χ1n) is 7.73. The van der Waals surface area contributed by atoms with Crippen molar-refractivity contribution in [1.29, 1.82) is 0 Å². The Morgan fingerprint density at radius 3 is 2.80 bits per heavy atom. The Morgan fingerprint density at radius 2 is 1.96 bits per heavy atom. The lowest BCUT2D eigenvalue weighted by Crippen LogP contribution is -2.21. The van der Waals surface area contributed by atoms with Crippen LogP contribution in [-0.2, 0) is 6.54 Å². The van der Waals surface area contributed by atoms with Gasteiger partial charge >= 0.3 is 0 Å². The van der Waals surface area contributed by atoms with Crippen LogP contribution >= 0.6 is 11.6 Å². The Hall–Kier alpha value is -2.92. The van der Waals surface area contributed by atoms with Crippen molar-refractivity contribution in [3.63, 3.8) is 0 Å². The Labute approximate surface area is 148 Å². The molecular formula is C19H14ClN3O2. The van der Waals surface area contributed by atoms with Crippen molar-refractivity contribution in [1.82, 2.24) is 14.5 Å². The third-order valence-electron chi connectivity index (χ3n) is 4.13. The molecule has 0 amide bonds. The van der Waals surface area contributed by atoms with E-state index in [4.69, 9.17) is 16.3 Å². The molecule has 5 nitrogen and oxygen atoms in total. The number of fused-ring (bicyclic) bond motifs is 2. The van der Waals surface area contributed by atoms with Gasteiger partial charge in [-0.25, -0.2) is 9.97 Å². The summed E-state index contributed by atoms with van der Waals surface area (Å²) >= 11 is 6.37. The number of nitrogens with zero attached hydrogens (tertiary/aromatic N) is 3. The van der Waals surface area contributed by atoms with Crippen LogP contribution in [0.5, 0.6) is 5.75 Å². The maximum Gasteiger partial charge on any atom is 0.269 e. The molecule has 4 rings (SSSR count). The van der Waals surface area contributed by atoms with Crippen LogP contribution in [0.1, 0.15) is 5.56 Å². The van der Waals surface area contributed by atoms with E-state index >= 15 is 0 Å². The molecular weight excluding hydrogens is 338 g/mol. The van der Waals surface area contributed by atoms with Crippen LogP contribution in [0.2, 0.25) is 5.15 Å². The minimum atomic E-state index is -0.176. The molecule has 0 atom stereocenters. The SMILES string of the molecule is COc1ccc2cc(Cn3c(=O)cnc4ccccc43)c(Cl)nc2c1. The van der Waals surface area contributed by atoms with Gasteiger partial charge in [0.25, 0.3) is 5.56 Å². The molecule has 2 aromatic carbocycles. The first-order valence-corrected chi connectivity index (χ1v) is 8.11. The van der Waals surface area contributed by atoms with Crippen molar-refractivity contribution in [3.8, 4) is 5.75 Å². The Kier molecular flexibility index (Phi) is 3.86. The summed E-state index contributed by atoms with van der Waals surface area (Å²) in [5.41, 5.74) is 2.88. The largest absolute Gasteiger partial charge is 0.497 e. The fourth-order valence-electron chi connectivity index (χ4n) is 2.85. The van der Waals surface area contributed by atoms with Crippen LogP contribution in [0, 0.1) is 0 Å². The quantitative estimate of drug-likeness (QED) is 0.529. The van der Waals surface area contributed by atoms with Gasteiger partial charge in [0, 0.05) is 17.0 Å². The summed E-state index contributed by atoms with van der Waals surface area (Å²) in [5, 5.41) is 1.31. The molecule has 2 heterocycles. The summed E-state index contributed by atoms with van der Waals surface area (Å²) in [5.74, 6) is 0.722. The molecule has 0 bridgehead atoms. The molecule has 0 spiro atoms. The zero-order valence-electron chi connectivity index (χ0n) is 13.4. The number of ether oxygens (including phenoxy) is 1. The fraction of sp³-hybridized carbons (Fsp3) is 0.105. The standard InChI is InChI=1S/C19H14ClN3O2/c1-25-14-7-6-12-8-13(19(20)22-16(12)9-14)11-23-17-5-3-2-4-15(17)21-10-18(23)24/h2-10H,11H2,1H3. The average molecular weight is 352 g/mol. The summed E-state index contributed by atoms with van der Waals surface area (Å²) in [6.07, 6.45) is 1.33. The topological polar surface area (TPSA) is 57.0 Å². The molecule has 2 aromatic heterocycles. The summed E-state index contributed by atoms with van der Waals surface area (Å²) < 4.78 is 6.87. The van der Waals surface area contributed by atoms with Gasteiger partial charge in [0.2, 0.25) is 0 Å². The van der Waals surface area contributed by atoms with Crippen LogP contribution in [0.25, 0.3) is 21.9 Å². The van der Waals surface area contributed by atoms with Gasteiger partial charge in [-0.15, -0.1) is 0 Å². The number of halogens is 1. The van der Waals surface area contributed by atoms with Crippen molar-refractivity contribution in [2.75, 3.05) is 7.11 Å². The van der Waals surface area contributed by atoms with Gasteiger partial charge < -0.3 is 9.30 Å². The second-order valence-corrected chi connectivity index (χ2v) is 6.03. The van der Waals surface area contributed by atoms with Crippen molar-refractivity contribution in [3.05, 3.63) is 75.8 Å². The lowest BCUT2D eigenvalue weighted by atomic mass is 10.1. The van der Waals surface area contributed by atoms with E-state index in [2.05, 4.69) is 9.97 Å².